The Morgan fingerprint density at radius 2 is 1.75 bits per heavy atom. The summed E-state index contributed by atoms with van der Waals surface area (Å²) in [6.45, 7) is 2.70. The molecule has 1 heterocycles. The molecule has 1 N–H and O–H groups in total. The first-order valence-corrected chi connectivity index (χ1v) is 8.43. The van der Waals surface area contributed by atoms with E-state index in [1.807, 2.05) is 0 Å². The van der Waals surface area contributed by atoms with E-state index >= 15 is 0 Å². The average molecular weight is 296 g/mol. The molecule has 1 fully saturated rings. The molecular weight excluding hydrogens is 276 g/mol. The number of anilines is 1. The topological polar surface area (TPSA) is 66.5 Å². The maximum absolute atomic E-state index is 12.3. The predicted molar refractivity (Wildman–Crippen MR) is 78.8 cm³/mol. The standard InChI is InChI=1S/C14H20N2O3S/c1-12(17)15-14-7-5-13(6-8-14)11-20(18,19)16-9-3-2-4-10-16/h5-8H,2-4,9-11H2,1H3,(H,15,17). The van der Waals surface area contributed by atoms with Crippen LogP contribution in [0.2, 0.25) is 0 Å². The molecule has 5 nitrogen and oxygen atoms in total. The fourth-order valence-electron chi connectivity index (χ4n) is 2.33. The molecule has 0 bridgehead atoms. The van der Waals surface area contributed by atoms with Crippen LogP contribution in [0.4, 0.5) is 5.69 Å². The van der Waals surface area contributed by atoms with Crippen molar-refractivity contribution in [1.29, 1.82) is 0 Å². The first-order chi connectivity index (χ1) is 9.47. The van der Waals surface area contributed by atoms with Gasteiger partial charge in [0.05, 0.1) is 5.75 Å². The highest BCUT2D eigenvalue weighted by molar-refractivity contribution is 7.88. The SMILES string of the molecule is CC(=O)Nc1ccc(CS(=O)(=O)N2CCCCC2)cc1. The summed E-state index contributed by atoms with van der Waals surface area (Å²) in [4.78, 5) is 10.9. The third-order valence-corrected chi connectivity index (χ3v) is 5.18. The van der Waals surface area contributed by atoms with E-state index in [-0.39, 0.29) is 11.7 Å². The van der Waals surface area contributed by atoms with E-state index in [9.17, 15) is 13.2 Å². The number of hydrogen-bond donors (Lipinski definition) is 1. The van der Waals surface area contributed by atoms with Crippen LogP contribution in [0.15, 0.2) is 24.3 Å². The second-order valence-corrected chi connectivity index (χ2v) is 7.06. The van der Waals surface area contributed by atoms with Gasteiger partial charge in [-0.25, -0.2) is 12.7 Å². The largest absolute Gasteiger partial charge is 0.326 e. The molecule has 0 spiro atoms. The lowest BCUT2D eigenvalue weighted by Crippen LogP contribution is -2.36. The molecule has 0 aromatic heterocycles. The van der Waals surface area contributed by atoms with E-state index in [1.54, 1.807) is 28.6 Å². The highest BCUT2D eigenvalue weighted by Crippen LogP contribution is 2.18. The molecule has 1 aliphatic rings. The van der Waals surface area contributed by atoms with Gasteiger partial charge < -0.3 is 5.32 Å². The minimum atomic E-state index is -3.23. The number of nitrogens with zero attached hydrogens (tertiary/aromatic N) is 1. The van der Waals surface area contributed by atoms with Crippen LogP contribution in [-0.2, 0) is 20.6 Å². The molecule has 0 unspecified atom stereocenters. The minimum absolute atomic E-state index is 0.0212. The second kappa shape index (κ2) is 6.37. The van der Waals surface area contributed by atoms with Gasteiger partial charge in [-0.05, 0) is 30.5 Å². The van der Waals surface area contributed by atoms with Gasteiger partial charge in [0.1, 0.15) is 0 Å². The smallest absolute Gasteiger partial charge is 0.221 e. The maximum Gasteiger partial charge on any atom is 0.221 e. The van der Waals surface area contributed by atoms with Gasteiger partial charge in [-0.1, -0.05) is 18.6 Å². The lowest BCUT2D eigenvalue weighted by molar-refractivity contribution is -0.114. The van der Waals surface area contributed by atoms with Crippen LogP contribution in [-0.4, -0.2) is 31.7 Å². The first kappa shape index (κ1) is 15.0. The van der Waals surface area contributed by atoms with E-state index in [2.05, 4.69) is 5.32 Å². The zero-order valence-corrected chi connectivity index (χ0v) is 12.4. The van der Waals surface area contributed by atoms with Gasteiger partial charge >= 0.3 is 0 Å². The fourth-order valence-corrected chi connectivity index (χ4v) is 3.94. The number of amides is 1. The molecule has 110 valence electrons. The van der Waals surface area contributed by atoms with Gasteiger partial charge in [-0.3, -0.25) is 4.79 Å². The minimum Gasteiger partial charge on any atom is -0.326 e. The van der Waals surface area contributed by atoms with Crippen molar-refractivity contribution in [2.45, 2.75) is 31.9 Å². The van der Waals surface area contributed by atoms with Gasteiger partial charge in [0.15, 0.2) is 0 Å². The molecule has 1 saturated heterocycles. The third kappa shape index (κ3) is 4.05. The summed E-state index contributed by atoms with van der Waals surface area (Å²) in [7, 11) is -3.23. The van der Waals surface area contributed by atoms with Gasteiger partial charge in [0.2, 0.25) is 15.9 Å². The number of piperidine rings is 1. The van der Waals surface area contributed by atoms with E-state index in [4.69, 9.17) is 0 Å². The highest BCUT2D eigenvalue weighted by atomic mass is 32.2. The number of hydrogen-bond acceptors (Lipinski definition) is 3. The van der Waals surface area contributed by atoms with Crippen molar-refractivity contribution in [2.24, 2.45) is 0 Å². The fraction of sp³-hybridized carbons (Fsp3) is 0.500. The summed E-state index contributed by atoms with van der Waals surface area (Å²) in [6.07, 6.45) is 3.00. The summed E-state index contributed by atoms with van der Waals surface area (Å²) >= 11 is 0. The molecule has 6 heteroatoms. The lowest BCUT2D eigenvalue weighted by Gasteiger charge is -2.25. The number of carbonyl (C=O) groups is 1. The number of nitrogens with one attached hydrogen (secondary N) is 1. The normalized spacial score (nSPS) is 16.9. The Morgan fingerprint density at radius 1 is 1.15 bits per heavy atom. The maximum atomic E-state index is 12.3. The van der Waals surface area contributed by atoms with Gasteiger partial charge in [-0.15, -0.1) is 0 Å². The molecule has 1 aromatic rings. The van der Waals surface area contributed by atoms with Crippen LogP contribution < -0.4 is 5.32 Å². The van der Waals surface area contributed by atoms with Crippen molar-refractivity contribution in [2.75, 3.05) is 18.4 Å². The molecule has 2 rings (SSSR count). The highest BCUT2D eigenvalue weighted by Gasteiger charge is 2.23. The van der Waals surface area contributed by atoms with Gasteiger partial charge in [0, 0.05) is 25.7 Å². The van der Waals surface area contributed by atoms with Crippen molar-refractivity contribution < 1.29 is 13.2 Å². The zero-order chi connectivity index (χ0) is 14.6. The Bertz CT molecular complexity index is 561. The van der Waals surface area contributed by atoms with Crippen LogP contribution in [0.25, 0.3) is 0 Å². The molecule has 0 atom stereocenters. The van der Waals surface area contributed by atoms with E-state index < -0.39 is 10.0 Å². The molecule has 1 aliphatic heterocycles. The lowest BCUT2D eigenvalue weighted by atomic mass is 10.2. The number of sulfonamides is 1. The molecule has 0 saturated carbocycles. The first-order valence-electron chi connectivity index (χ1n) is 6.82. The van der Waals surface area contributed by atoms with Crippen LogP contribution in [0.5, 0.6) is 0 Å². The van der Waals surface area contributed by atoms with E-state index in [0.717, 1.165) is 24.8 Å². The number of benzene rings is 1. The molecular formula is C14H20N2O3S. The monoisotopic (exact) mass is 296 g/mol. The van der Waals surface area contributed by atoms with Crippen molar-refractivity contribution >= 4 is 21.6 Å². The van der Waals surface area contributed by atoms with E-state index in [1.165, 1.54) is 6.92 Å². The third-order valence-electron chi connectivity index (χ3n) is 3.33. The summed E-state index contributed by atoms with van der Waals surface area (Å²) in [6, 6.07) is 6.93. The molecule has 1 amide bonds. The molecule has 0 radical (unpaired) electrons. The van der Waals surface area contributed by atoms with Crippen LogP contribution >= 0.6 is 0 Å². The van der Waals surface area contributed by atoms with Crippen LogP contribution in [0.1, 0.15) is 31.7 Å². The predicted octanol–water partition coefficient (Wildman–Crippen LogP) is 1.96. The number of carbonyl (C=O) groups excluding carboxylic acids is 1. The molecule has 1 aromatic carbocycles. The van der Waals surface area contributed by atoms with E-state index in [0.29, 0.717) is 18.8 Å². The molecule has 20 heavy (non-hydrogen) atoms. The Kier molecular flexibility index (Phi) is 4.77. The second-order valence-electron chi connectivity index (χ2n) is 5.09. The van der Waals surface area contributed by atoms with Crippen molar-refractivity contribution in [1.82, 2.24) is 4.31 Å². The van der Waals surface area contributed by atoms with Crippen molar-refractivity contribution in [3.63, 3.8) is 0 Å². The Morgan fingerprint density at radius 3 is 2.30 bits per heavy atom. The average Bonchev–Trinajstić information content (AvgIpc) is 2.41. The quantitative estimate of drug-likeness (QED) is 0.923. The molecule has 0 aliphatic carbocycles. The Hall–Kier alpha value is -1.40. The van der Waals surface area contributed by atoms with Gasteiger partial charge in [0.25, 0.3) is 0 Å². The Labute approximate surface area is 120 Å². The van der Waals surface area contributed by atoms with Crippen LogP contribution in [0, 0.1) is 0 Å². The zero-order valence-electron chi connectivity index (χ0n) is 11.6. The van der Waals surface area contributed by atoms with Crippen molar-refractivity contribution in [3.05, 3.63) is 29.8 Å². The van der Waals surface area contributed by atoms with Crippen LogP contribution in [0.3, 0.4) is 0 Å². The summed E-state index contributed by atoms with van der Waals surface area (Å²) in [5.41, 5.74) is 1.42. The van der Waals surface area contributed by atoms with Crippen molar-refractivity contribution in [3.8, 4) is 0 Å². The summed E-state index contributed by atoms with van der Waals surface area (Å²) in [5, 5.41) is 2.66. The Balaban J connectivity index is 2.03. The van der Waals surface area contributed by atoms with Gasteiger partial charge in [-0.2, -0.15) is 0 Å². The summed E-state index contributed by atoms with van der Waals surface area (Å²) < 4.78 is 26.1. The summed E-state index contributed by atoms with van der Waals surface area (Å²) in [5.74, 6) is -0.119. The number of rotatable bonds is 4.